The topological polar surface area (TPSA) is 74.5 Å². The van der Waals surface area contributed by atoms with Gasteiger partial charge >= 0.3 is 0 Å². The molecule has 7 heteroatoms. The summed E-state index contributed by atoms with van der Waals surface area (Å²) >= 11 is 0. The summed E-state index contributed by atoms with van der Waals surface area (Å²) in [5.74, 6) is 1.18. The Bertz CT molecular complexity index is 819. The van der Waals surface area contributed by atoms with Crippen LogP contribution >= 0.6 is 0 Å². The molecule has 3 heterocycles. The summed E-state index contributed by atoms with van der Waals surface area (Å²) in [6.07, 6.45) is 3.00. The highest BCUT2D eigenvalue weighted by atomic mass is 16.3. The summed E-state index contributed by atoms with van der Waals surface area (Å²) in [5.41, 5.74) is 0.580. The molecule has 1 saturated heterocycles. The van der Waals surface area contributed by atoms with Gasteiger partial charge in [0.15, 0.2) is 0 Å². The van der Waals surface area contributed by atoms with Crippen LogP contribution in [0.25, 0.3) is 0 Å². The first kappa shape index (κ1) is 18.1. The number of hydrogen-bond donors (Lipinski definition) is 1. The van der Waals surface area contributed by atoms with E-state index >= 15 is 0 Å². The van der Waals surface area contributed by atoms with Gasteiger partial charge in [-0.05, 0) is 38.9 Å². The summed E-state index contributed by atoms with van der Waals surface area (Å²) in [6, 6.07) is 10.1. The van der Waals surface area contributed by atoms with Crippen LogP contribution in [0.4, 0.5) is 0 Å². The fourth-order valence-corrected chi connectivity index (χ4v) is 4.56. The molecule has 1 N–H and O–H groups in total. The number of likely N-dealkylation sites (tertiary alicyclic amines) is 1. The molecule has 0 saturated carbocycles. The summed E-state index contributed by atoms with van der Waals surface area (Å²) in [4.78, 5) is 16.9. The molecule has 0 spiro atoms. The van der Waals surface area contributed by atoms with Gasteiger partial charge in [-0.1, -0.05) is 30.3 Å². The monoisotopic (exact) mass is 369 g/mol. The number of aryl methyl sites for hydroxylation is 1. The molecule has 2 aromatic rings. The normalized spacial score (nSPS) is 25.5. The van der Waals surface area contributed by atoms with Gasteiger partial charge in [-0.3, -0.25) is 9.69 Å². The summed E-state index contributed by atoms with van der Waals surface area (Å²) in [5, 5.41) is 19.5. The van der Waals surface area contributed by atoms with Gasteiger partial charge in [0.05, 0.1) is 11.6 Å². The number of nitrogens with zero attached hydrogens (tertiary/aromatic N) is 5. The summed E-state index contributed by atoms with van der Waals surface area (Å²) in [6.45, 7) is 1.66. The molecule has 27 heavy (non-hydrogen) atoms. The highest BCUT2D eigenvalue weighted by Gasteiger charge is 2.47. The lowest BCUT2D eigenvalue weighted by Crippen LogP contribution is -2.61. The number of piperidine rings is 1. The molecule has 2 atom stereocenters. The Morgan fingerprint density at radius 3 is 2.67 bits per heavy atom. The van der Waals surface area contributed by atoms with Crippen LogP contribution in [0.5, 0.6) is 0 Å². The molecular weight excluding hydrogens is 342 g/mol. The second-order valence-electron chi connectivity index (χ2n) is 7.75. The smallest absolute Gasteiger partial charge is 0.291 e. The van der Waals surface area contributed by atoms with E-state index in [1.54, 1.807) is 4.90 Å². The minimum absolute atomic E-state index is 0.130. The Balaban J connectivity index is 1.58. The molecule has 1 fully saturated rings. The standard InChI is InChI=1S/C20H27N5O2/c1-23(2)20(15-8-4-3-5-9-15)11-13-24(14-16(20)26)19(27)18-22-21-17-10-6-7-12-25(17)18/h3-5,8-9,16,26H,6-7,10-14H2,1-2H3/t16-,20+/m1/s1. The van der Waals surface area contributed by atoms with Crippen LogP contribution in [0.2, 0.25) is 0 Å². The highest BCUT2D eigenvalue weighted by Crippen LogP contribution is 2.38. The van der Waals surface area contributed by atoms with Crippen LogP contribution in [-0.2, 0) is 18.5 Å². The Hall–Kier alpha value is -2.25. The first-order chi connectivity index (χ1) is 13.0. The maximum Gasteiger partial charge on any atom is 0.291 e. The number of carbonyl (C=O) groups is 1. The van der Waals surface area contributed by atoms with Gasteiger partial charge in [0.25, 0.3) is 5.91 Å². The summed E-state index contributed by atoms with van der Waals surface area (Å²) < 4.78 is 1.95. The number of aliphatic hydroxyl groups is 1. The maximum absolute atomic E-state index is 13.1. The van der Waals surface area contributed by atoms with Crippen molar-refractivity contribution in [2.75, 3.05) is 27.2 Å². The van der Waals surface area contributed by atoms with Gasteiger partial charge in [-0.25, -0.2) is 0 Å². The van der Waals surface area contributed by atoms with Crippen LogP contribution in [0.3, 0.4) is 0 Å². The number of hydrogen-bond acceptors (Lipinski definition) is 5. The molecule has 4 rings (SSSR count). The van der Waals surface area contributed by atoms with E-state index in [1.807, 2.05) is 36.9 Å². The number of aliphatic hydroxyl groups excluding tert-OH is 1. The lowest BCUT2D eigenvalue weighted by Gasteiger charge is -2.49. The van der Waals surface area contributed by atoms with Gasteiger partial charge in [0.1, 0.15) is 5.82 Å². The van der Waals surface area contributed by atoms with E-state index in [9.17, 15) is 9.90 Å². The predicted octanol–water partition coefficient (Wildman–Crippen LogP) is 1.28. The molecule has 0 unspecified atom stereocenters. The number of benzene rings is 1. The van der Waals surface area contributed by atoms with E-state index in [-0.39, 0.29) is 12.5 Å². The van der Waals surface area contributed by atoms with E-state index in [0.29, 0.717) is 18.8 Å². The van der Waals surface area contributed by atoms with Crippen molar-refractivity contribution in [2.45, 2.75) is 43.9 Å². The Kier molecular flexibility index (Phi) is 4.74. The van der Waals surface area contributed by atoms with Crippen molar-refractivity contribution < 1.29 is 9.90 Å². The quantitative estimate of drug-likeness (QED) is 0.882. The molecule has 144 valence electrons. The zero-order chi connectivity index (χ0) is 19.0. The van der Waals surface area contributed by atoms with Crippen LogP contribution in [0, 0.1) is 0 Å². The number of rotatable bonds is 3. The summed E-state index contributed by atoms with van der Waals surface area (Å²) in [7, 11) is 3.98. The van der Waals surface area contributed by atoms with Crippen molar-refractivity contribution in [3.05, 3.63) is 47.5 Å². The Morgan fingerprint density at radius 2 is 1.96 bits per heavy atom. The lowest BCUT2D eigenvalue weighted by atomic mass is 9.77. The van der Waals surface area contributed by atoms with Crippen molar-refractivity contribution in [2.24, 2.45) is 0 Å². The van der Waals surface area contributed by atoms with Crippen LogP contribution in [0.1, 0.15) is 41.3 Å². The van der Waals surface area contributed by atoms with Crippen molar-refractivity contribution in [3.8, 4) is 0 Å². The third-order valence-corrected chi connectivity index (χ3v) is 6.12. The fraction of sp³-hybridized carbons (Fsp3) is 0.550. The predicted molar refractivity (Wildman–Crippen MR) is 101 cm³/mol. The number of fused-ring (bicyclic) bond motifs is 1. The Labute approximate surface area is 159 Å². The van der Waals surface area contributed by atoms with Crippen molar-refractivity contribution >= 4 is 5.91 Å². The van der Waals surface area contributed by atoms with Crippen LogP contribution in [-0.4, -0.2) is 68.9 Å². The fourth-order valence-electron chi connectivity index (χ4n) is 4.56. The molecule has 7 nitrogen and oxygen atoms in total. The van der Waals surface area contributed by atoms with E-state index in [4.69, 9.17) is 0 Å². The first-order valence-corrected chi connectivity index (χ1v) is 9.66. The second-order valence-corrected chi connectivity index (χ2v) is 7.75. The molecule has 2 aliphatic heterocycles. The molecular formula is C20H27N5O2. The average Bonchev–Trinajstić information content (AvgIpc) is 3.12. The molecule has 2 aliphatic rings. The first-order valence-electron chi connectivity index (χ1n) is 9.66. The highest BCUT2D eigenvalue weighted by molar-refractivity contribution is 5.91. The minimum Gasteiger partial charge on any atom is -0.389 e. The van der Waals surface area contributed by atoms with Crippen molar-refractivity contribution in [1.82, 2.24) is 24.6 Å². The molecule has 1 amide bonds. The second kappa shape index (κ2) is 7.05. The number of β-amino-alcohol motifs (C(OH)–C–C–N with tert-alkyl or cyclic N) is 1. The number of carbonyl (C=O) groups excluding carboxylic acids is 1. The van der Waals surface area contributed by atoms with Crippen LogP contribution in [0.15, 0.2) is 30.3 Å². The molecule has 1 aromatic heterocycles. The van der Waals surface area contributed by atoms with Crippen molar-refractivity contribution in [1.29, 1.82) is 0 Å². The molecule has 1 aromatic carbocycles. The lowest BCUT2D eigenvalue weighted by molar-refractivity contribution is -0.0615. The van der Waals surface area contributed by atoms with Gasteiger partial charge < -0.3 is 14.6 Å². The van der Waals surface area contributed by atoms with Crippen molar-refractivity contribution in [3.63, 3.8) is 0 Å². The third kappa shape index (κ3) is 2.95. The number of aromatic nitrogens is 3. The van der Waals surface area contributed by atoms with E-state index in [1.165, 1.54) is 0 Å². The average molecular weight is 369 g/mol. The zero-order valence-electron chi connectivity index (χ0n) is 16.0. The largest absolute Gasteiger partial charge is 0.389 e. The van der Waals surface area contributed by atoms with Crippen LogP contribution < -0.4 is 0 Å². The van der Waals surface area contributed by atoms with Gasteiger partial charge in [-0.2, -0.15) is 0 Å². The van der Waals surface area contributed by atoms with Gasteiger partial charge in [0.2, 0.25) is 5.82 Å². The van der Waals surface area contributed by atoms with E-state index in [2.05, 4.69) is 27.2 Å². The number of amides is 1. The van der Waals surface area contributed by atoms with Gasteiger partial charge in [-0.15, -0.1) is 10.2 Å². The molecule has 0 bridgehead atoms. The molecule has 0 aliphatic carbocycles. The zero-order valence-corrected chi connectivity index (χ0v) is 16.0. The minimum atomic E-state index is -0.684. The van der Waals surface area contributed by atoms with E-state index < -0.39 is 11.6 Å². The third-order valence-electron chi connectivity index (χ3n) is 6.12. The SMILES string of the molecule is CN(C)[C@]1(c2ccccc2)CCN(C(=O)c2nnc3n2CCCC3)C[C@H]1O. The maximum atomic E-state index is 13.1. The number of likely N-dealkylation sites (N-methyl/N-ethyl adjacent to an activating group) is 1. The van der Waals surface area contributed by atoms with Gasteiger partial charge in [0, 0.05) is 26.1 Å². The Morgan fingerprint density at radius 1 is 1.19 bits per heavy atom. The van der Waals surface area contributed by atoms with E-state index in [0.717, 1.165) is 37.2 Å². The molecule has 0 radical (unpaired) electrons.